The average molecular weight is 408 g/mol. The molecule has 18 heavy (non-hydrogen) atoms. The Morgan fingerprint density at radius 2 is 1.83 bits per heavy atom. The van der Waals surface area contributed by atoms with Crippen LogP contribution in [0.1, 0.15) is 9.67 Å². The Bertz CT molecular complexity index is 590. The zero-order valence-corrected chi connectivity index (χ0v) is 13.9. The Labute approximate surface area is 128 Å². The number of hydrogen-bond acceptors (Lipinski definition) is 3. The normalized spacial score (nSPS) is 12.3. The van der Waals surface area contributed by atoms with Crippen molar-refractivity contribution in [2.75, 3.05) is 5.75 Å². The van der Waals surface area contributed by atoms with Crippen molar-refractivity contribution in [3.05, 3.63) is 49.5 Å². The molecule has 1 atom stereocenters. The molecule has 2 rings (SSSR count). The molecule has 1 heterocycles. The van der Waals surface area contributed by atoms with Crippen molar-refractivity contribution >= 4 is 59.8 Å². The zero-order valence-electron chi connectivity index (χ0n) is 9.06. The molecule has 0 bridgehead atoms. The lowest BCUT2D eigenvalue weighted by atomic mass is 10.3. The van der Waals surface area contributed by atoms with Crippen LogP contribution in [0.4, 0.5) is 0 Å². The van der Waals surface area contributed by atoms with E-state index in [0.717, 1.165) is 8.95 Å². The van der Waals surface area contributed by atoms with Crippen LogP contribution in [0.5, 0.6) is 0 Å². The number of benzene rings is 1. The second-order valence-corrected chi connectivity index (χ2v) is 7.60. The number of rotatable bonds is 4. The smallest absolute Gasteiger partial charge is 0.186 e. The maximum absolute atomic E-state index is 12.0. The number of ketones is 1. The molecule has 94 valence electrons. The first-order valence-electron chi connectivity index (χ1n) is 4.98. The molecule has 6 heteroatoms. The van der Waals surface area contributed by atoms with Gasteiger partial charge in [0.05, 0.1) is 21.4 Å². The second-order valence-electron chi connectivity index (χ2n) is 3.46. The molecule has 0 saturated carbocycles. The first-order valence-corrected chi connectivity index (χ1v) is 8.76. The lowest BCUT2D eigenvalue weighted by Gasteiger charge is -2.01. The van der Waals surface area contributed by atoms with E-state index in [9.17, 15) is 9.00 Å². The summed E-state index contributed by atoms with van der Waals surface area (Å²) >= 11 is 7.98. The fourth-order valence-corrected chi connectivity index (χ4v) is 4.22. The third-order valence-electron chi connectivity index (χ3n) is 2.21. The largest absolute Gasteiger partial charge is 0.292 e. The lowest BCUT2D eigenvalue weighted by molar-refractivity contribution is 0.102. The summed E-state index contributed by atoms with van der Waals surface area (Å²) < 4.78 is 13.7. The van der Waals surface area contributed by atoms with Crippen LogP contribution < -0.4 is 0 Å². The van der Waals surface area contributed by atoms with Gasteiger partial charge in [-0.25, -0.2) is 0 Å². The molecule has 1 aromatic carbocycles. The molecule has 0 aliphatic carbocycles. The van der Waals surface area contributed by atoms with Gasteiger partial charge in [0.25, 0.3) is 0 Å². The van der Waals surface area contributed by atoms with Gasteiger partial charge in [-0.3, -0.25) is 9.00 Å². The minimum absolute atomic E-state index is 0.0146. The summed E-state index contributed by atoms with van der Waals surface area (Å²) in [6, 6.07) is 8.98. The number of halogens is 2. The van der Waals surface area contributed by atoms with Crippen molar-refractivity contribution in [1.82, 2.24) is 0 Å². The first-order chi connectivity index (χ1) is 8.58. The molecular weight excluding hydrogens is 400 g/mol. The van der Waals surface area contributed by atoms with Crippen LogP contribution in [-0.2, 0) is 10.8 Å². The van der Waals surface area contributed by atoms with E-state index in [1.165, 1.54) is 11.3 Å². The maximum atomic E-state index is 12.0. The fraction of sp³-hybridized carbons (Fsp3) is 0.0833. The van der Waals surface area contributed by atoms with Gasteiger partial charge in [0, 0.05) is 13.8 Å². The van der Waals surface area contributed by atoms with Crippen molar-refractivity contribution in [3.8, 4) is 0 Å². The Balaban J connectivity index is 2.10. The minimum atomic E-state index is -1.30. The lowest BCUT2D eigenvalue weighted by Crippen LogP contribution is -2.10. The van der Waals surface area contributed by atoms with E-state index in [1.54, 1.807) is 12.1 Å². The summed E-state index contributed by atoms with van der Waals surface area (Å²) in [5, 5.41) is 1.83. The van der Waals surface area contributed by atoms with Crippen molar-refractivity contribution in [2.24, 2.45) is 0 Å². The summed E-state index contributed by atoms with van der Waals surface area (Å²) in [4.78, 5) is 13.2. The summed E-state index contributed by atoms with van der Waals surface area (Å²) in [6.45, 7) is 0. The van der Waals surface area contributed by atoms with Crippen molar-refractivity contribution in [1.29, 1.82) is 0 Å². The monoisotopic (exact) mass is 406 g/mol. The highest BCUT2D eigenvalue weighted by atomic mass is 79.9. The van der Waals surface area contributed by atoms with Gasteiger partial charge in [-0.15, -0.1) is 11.3 Å². The van der Waals surface area contributed by atoms with Crippen LogP contribution >= 0.6 is 43.2 Å². The van der Waals surface area contributed by atoms with E-state index in [0.29, 0.717) is 9.77 Å². The number of carbonyl (C=O) groups excluding carboxylic acids is 1. The van der Waals surface area contributed by atoms with Crippen LogP contribution in [0.25, 0.3) is 0 Å². The molecule has 2 nitrogen and oxygen atoms in total. The van der Waals surface area contributed by atoms with Gasteiger partial charge in [0.2, 0.25) is 0 Å². The topological polar surface area (TPSA) is 34.1 Å². The summed E-state index contributed by atoms with van der Waals surface area (Å²) in [5.74, 6) is -0.0843. The molecule has 0 spiro atoms. The molecular formula is C12H8Br2O2S2. The predicted molar refractivity (Wildman–Crippen MR) is 81.8 cm³/mol. The highest BCUT2D eigenvalue weighted by Gasteiger charge is 2.15. The van der Waals surface area contributed by atoms with Crippen LogP contribution in [0.3, 0.4) is 0 Å². The minimum Gasteiger partial charge on any atom is -0.292 e. The van der Waals surface area contributed by atoms with E-state index in [1.807, 2.05) is 23.6 Å². The Morgan fingerprint density at radius 1 is 1.17 bits per heavy atom. The van der Waals surface area contributed by atoms with Gasteiger partial charge in [-0.1, -0.05) is 15.9 Å². The van der Waals surface area contributed by atoms with E-state index < -0.39 is 10.8 Å². The van der Waals surface area contributed by atoms with Crippen molar-refractivity contribution in [2.45, 2.75) is 4.90 Å². The molecule has 0 saturated heterocycles. The Morgan fingerprint density at radius 3 is 2.39 bits per heavy atom. The SMILES string of the molecule is O=C(CS(=O)c1ccc(Br)cc1)c1sccc1Br. The van der Waals surface area contributed by atoms with Crippen molar-refractivity contribution in [3.63, 3.8) is 0 Å². The van der Waals surface area contributed by atoms with Gasteiger partial charge in [0.1, 0.15) is 0 Å². The van der Waals surface area contributed by atoms with Gasteiger partial charge in [-0.2, -0.15) is 0 Å². The van der Waals surface area contributed by atoms with E-state index in [2.05, 4.69) is 31.9 Å². The molecule has 2 aromatic rings. The average Bonchev–Trinajstić information content (AvgIpc) is 2.76. The molecule has 0 radical (unpaired) electrons. The van der Waals surface area contributed by atoms with Crippen molar-refractivity contribution < 1.29 is 9.00 Å². The highest BCUT2D eigenvalue weighted by molar-refractivity contribution is 9.10. The van der Waals surface area contributed by atoms with Crippen LogP contribution in [0.15, 0.2) is 49.6 Å². The Kier molecular flexibility index (Phi) is 4.89. The maximum Gasteiger partial charge on any atom is 0.186 e. The van der Waals surface area contributed by atoms with Gasteiger partial charge < -0.3 is 0 Å². The van der Waals surface area contributed by atoms with Crippen LogP contribution in [0.2, 0.25) is 0 Å². The molecule has 1 aromatic heterocycles. The van der Waals surface area contributed by atoms with E-state index >= 15 is 0 Å². The highest BCUT2D eigenvalue weighted by Crippen LogP contribution is 2.24. The summed E-state index contributed by atoms with van der Waals surface area (Å²) in [7, 11) is -1.30. The molecule has 0 fully saturated rings. The molecule has 0 aliphatic heterocycles. The number of hydrogen-bond donors (Lipinski definition) is 0. The number of thiophene rings is 1. The van der Waals surface area contributed by atoms with Crippen LogP contribution in [-0.4, -0.2) is 15.7 Å². The first kappa shape index (κ1) is 14.1. The molecule has 1 unspecified atom stereocenters. The van der Waals surface area contributed by atoms with E-state index in [-0.39, 0.29) is 11.5 Å². The van der Waals surface area contributed by atoms with Crippen LogP contribution in [0, 0.1) is 0 Å². The number of carbonyl (C=O) groups is 1. The third-order valence-corrected chi connectivity index (χ3v) is 5.94. The second kappa shape index (κ2) is 6.23. The van der Waals surface area contributed by atoms with Gasteiger partial charge in [-0.05, 0) is 51.6 Å². The molecule has 0 aliphatic rings. The van der Waals surface area contributed by atoms with E-state index in [4.69, 9.17) is 0 Å². The Hall–Kier alpha value is -0.300. The quantitative estimate of drug-likeness (QED) is 0.709. The molecule has 0 amide bonds. The summed E-state index contributed by atoms with van der Waals surface area (Å²) in [6.07, 6.45) is 0. The standard InChI is InChI=1S/C12H8Br2O2S2/c13-8-1-3-9(4-2-8)18(16)7-11(15)12-10(14)5-6-17-12/h1-6H,7H2. The van der Waals surface area contributed by atoms with Gasteiger partial charge in [0.15, 0.2) is 5.78 Å². The number of Topliss-reactive ketones (excluding diaryl/α,β-unsaturated/α-hetero) is 1. The fourth-order valence-electron chi connectivity index (χ4n) is 1.35. The predicted octanol–water partition coefficient (Wildman–Crippen LogP) is 4.26. The van der Waals surface area contributed by atoms with Gasteiger partial charge >= 0.3 is 0 Å². The summed E-state index contributed by atoms with van der Waals surface area (Å²) in [5.41, 5.74) is 0. The molecule has 0 N–H and O–H groups in total. The zero-order chi connectivity index (χ0) is 13.1. The third kappa shape index (κ3) is 3.38.